The van der Waals surface area contributed by atoms with Crippen molar-refractivity contribution in [2.24, 2.45) is 11.8 Å². The van der Waals surface area contributed by atoms with Crippen LogP contribution >= 0.6 is 23.2 Å². The number of hydrogen-bond donors (Lipinski definition) is 1. The van der Waals surface area contributed by atoms with Crippen LogP contribution in [0.3, 0.4) is 0 Å². The molecule has 2 unspecified atom stereocenters. The largest absolute Gasteiger partial charge is 0.480 e. The van der Waals surface area contributed by atoms with Crippen LogP contribution in [-0.4, -0.2) is 20.6 Å². The molecule has 4 rings (SSSR count). The predicted molar refractivity (Wildman–Crippen MR) is 81.0 cm³/mol. The maximum Gasteiger partial charge on any atom is 0.323 e. The van der Waals surface area contributed by atoms with E-state index in [1.54, 1.807) is 16.7 Å². The standard InChI is InChI=1S/C15H14Cl2N2O2/c16-9-4-11-12(5-10(9)17)19(6-13(20)21)15(18-11)14-7-2-1-3-8(7)14/h4-5,7-8,14H,1-3,6H2,(H,20,21). The van der Waals surface area contributed by atoms with Crippen LogP contribution in [0.4, 0.5) is 0 Å². The number of carboxylic acids is 1. The Morgan fingerprint density at radius 3 is 2.62 bits per heavy atom. The molecule has 2 aliphatic carbocycles. The average Bonchev–Trinajstić information content (AvgIpc) is 2.78. The van der Waals surface area contributed by atoms with Crippen LogP contribution in [0.25, 0.3) is 11.0 Å². The first kappa shape index (κ1) is 13.4. The fourth-order valence-corrected chi connectivity index (χ4v) is 4.21. The van der Waals surface area contributed by atoms with Gasteiger partial charge in [0, 0.05) is 5.92 Å². The van der Waals surface area contributed by atoms with E-state index in [2.05, 4.69) is 4.98 Å². The van der Waals surface area contributed by atoms with Crippen molar-refractivity contribution in [1.82, 2.24) is 9.55 Å². The number of aliphatic carboxylic acids is 1. The molecule has 0 saturated heterocycles. The third kappa shape index (κ3) is 2.04. The van der Waals surface area contributed by atoms with Gasteiger partial charge in [-0.3, -0.25) is 4.79 Å². The van der Waals surface area contributed by atoms with Gasteiger partial charge in [-0.05, 0) is 36.8 Å². The van der Waals surface area contributed by atoms with Crippen LogP contribution in [0.1, 0.15) is 31.0 Å². The summed E-state index contributed by atoms with van der Waals surface area (Å²) in [6.45, 7) is -0.0836. The number of fused-ring (bicyclic) bond motifs is 2. The van der Waals surface area contributed by atoms with Gasteiger partial charge in [0.2, 0.25) is 0 Å². The molecule has 0 spiro atoms. The number of benzene rings is 1. The number of aromatic nitrogens is 2. The molecule has 110 valence electrons. The molecule has 6 heteroatoms. The van der Waals surface area contributed by atoms with Crippen LogP contribution in [0.15, 0.2) is 12.1 Å². The lowest BCUT2D eigenvalue weighted by atomic mass is 10.1. The van der Waals surface area contributed by atoms with Gasteiger partial charge < -0.3 is 9.67 Å². The van der Waals surface area contributed by atoms with E-state index in [9.17, 15) is 9.90 Å². The zero-order valence-corrected chi connectivity index (χ0v) is 12.7. The fraction of sp³-hybridized carbons (Fsp3) is 0.467. The van der Waals surface area contributed by atoms with E-state index in [-0.39, 0.29) is 6.54 Å². The van der Waals surface area contributed by atoms with Gasteiger partial charge in [-0.15, -0.1) is 0 Å². The van der Waals surface area contributed by atoms with Crippen molar-refractivity contribution in [3.8, 4) is 0 Å². The van der Waals surface area contributed by atoms with Crippen molar-refractivity contribution in [3.05, 3.63) is 28.0 Å². The molecule has 1 aromatic heterocycles. The second kappa shape index (κ2) is 4.62. The SMILES string of the molecule is O=C(O)Cn1c(C2C3CCCC32)nc2cc(Cl)c(Cl)cc21. The number of carbonyl (C=O) groups is 1. The highest BCUT2D eigenvalue weighted by atomic mass is 35.5. The first-order valence-electron chi connectivity index (χ1n) is 7.13. The molecule has 4 nitrogen and oxygen atoms in total. The van der Waals surface area contributed by atoms with E-state index in [1.165, 1.54) is 19.3 Å². The summed E-state index contributed by atoms with van der Waals surface area (Å²) in [4.78, 5) is 15.9. The Bertz CT molecular complexity index is 746. The number of hydrogen-bond acceptors (Lipinski definition) is 2. The summed E-state index contributed by atoms with van der Waals surface area (Å²) in [5, 5.41) is 10.1. The normalized spacial score (nSPS) is 27.0. The smallest absolute Gasteiger partial charge is 0.323 e. The highest BCUT2D eigenvalue weighted by molar-refractivity contribution is 6.42. The molecule has 2 fully saturated rings. The minimum absolute atomic E-state index is 0.0836. The van der Waals surface area contributed by atoms with Gasteiger partial charge in [0.15, 0.2) is 0 Å². The maximum absolute atomic E-state index is 11.2. The summed E-state index contributed by atoms with van der Waals surface area (Å²) in [5.41, 5.74) is 1.48. The molecule has 1 aromatic carbocycles. The lowest BCUT2D eigenvalue weighted by Gasteiger charge is -2.08. The van der Waals surface area contributed by atoms with Crippen molar-refractivity contribution >= 4 is 40.2 Å². The topological polar surface area (TPSA) is 55.1 Å². The van der Waals surface area contributed by atoms with Gasteiger partial charge in [0.05, 0.1) is 21.1 Å². The van der Waals surface area contributed by atoms with Gasteiger partial charge in [-0.2, -0.15) is 0 Å². The highest BCUT2D eigenvalue weighted by Crippen LogP contribution is 2.63. The average molecular weight is 325 g/mol. The summed E-state index contributed by atoms with van der Waals surface area (Å²) in [6, 6.07) is 3.44. The molecule has 1 heterocycles. The summed E-state index contributed by atoms with van der Waals surface area (Å²) < 4.78 is 1.79. The molecule has 2 aromatic rings. The second-order valence-corrected chi connectivity index (χ2v) is 6.80. The molecule has 2 aliphatic rings. The monoisotopic (exact) mass is 324 g/mol. The number of halogens is 2. The summed E-state index contributed by atoms with van der Waals surface area (Å²) >= 11 is 12.1. The van der Waals surface area contributed by atoms with Crippen molar-refractivity contribution in [3.63, 3.8) is 0 Å². The van der Waals surface area contributed by atoms with Crippen LogP contribution in [0, 0.1) is 11.8 Å². The van der Waals surface area contributed by atoms with Gasteiger partial charge in [0.25, 0.3) is 0 Å². The quantitative estimate of drug-likeness (QED) is 0.930. The van der Waals surface area contributed by atoms with E-state index >= 15 is 0 Å². The van der Waals surface area contributed by atoms with Gasteiger partial charge in [-0.1, -0.05) is 29.6 Å². The fourth-order valence-electron chi connectivity index (χ4n) is 3.90. The van der Waals surface area contributed by atoms with E-state index in [4.69, 9.17) is 23.2 Å². The number of carboxylic acid groups (broad SMARTS) is 1. The van der Waals surface area contributed by atoms with Crippen LogP contribution < -0.4 is 0 Å². The minimum Gasteiger partial charge on any atom is -0.480 e. The Kier molecular flexibility index (Phi) is 2.95. The third-order valence-electron chi connectivity index (χ3n) is 4.82. The Balaban J connectivity index is 1.86. The Morgan fingerprint density at radius 2 is 1.95 bits per heavy atom. The third-order valence-corrected chi connectivity index (χ3v) is 5.54. The first-order valence-corrected chi connectivity index (χ1v) is 7.89. The zero-order valence-electron chi connectivity index (χ0n) is 11.2. The van der Waals surface area contributed by atoms with Crippen LogP contribution in [-0.2, 0) is 11.3 Å². The lowest BCUT2D eigenvalue weighted by Crippen LogP contribution is -2.12. The molecule has 0 aliphatic heterocycles. The summed E-state index contributed by atoms with van der Waals surface area (Å²) in [7, 11) is 0. The van der Waals surface area contributed by atoms with E-state index in [1.807, 2.05) is 0 Å². The molecule has 2 atom stereocenters. The maximum atomic E-state index is 11.2. The van der Waals surface area contributed by atoms with Gasteiger partial charge >= 0.3 is 5.97 Å². The summed E-state index contributed by atoms with van der Waals surface area (Å²) in [6.07, 6.45) is 3.74. The lowest BCUT2D eigenvalue weighted by molar-refractivity contribution is -0.137. The molecule has 0 bridgehead atoms. The molecule has 1 N–H and O–H groups in total. The molecule has 0 radical (unpaired) electrons. The number of nitrogens with zero attached hydrogens (tertiary/aromatic N) is 2. The molecular weight excluding hydrogens is 311 g/mol. The Morgan fingerprint density at radius 1 is 1.29 bits per heavy atom. The van der Waals surface area contributed by atoms with E-state index in [0.29, 0.717) is 27.8 Å². The Labute approximate surface area is 131 Å². The zero-order chi connectivity index (χ0) is 14.7. The molecule has 21 heavy (non-hydrogen) atoms. The van der Waals surface area contributed by atoms with Crippen LogP contribution in [0.5, 0.6) is 0 Å². The number of imidazole rings is 1. The van der Waals surface area contributed by atoms with E-state index in [0.717, 1.165) is 16.9 Å². The summed E-state index contributed by atoms with van der Waals surface area (Å²) in [5.74, 6) is 1.79. The van der Waals surface area contributed by atoms with Crippen molar-refractivity contribution in [2.45, 2.75) is 31.7 Å². The second-order valence-electron chi connectivity index (χ2n) is 5.99. The van der Waals surface area contributed by atoms with E-state index < -0.39 is 5.97 Å². The first-order chi connectivity index (χ1) is 10.1. The van der Waals surface area contributed by atoms with Crippen molar-refractivity contribution in [2.75, 3.05) is 0 Å². The molecular formula is C15H14Cl2N2O2. The highest BCUT2D eigenvalue weighted by Gasteiger charge is 2.55. The minimum atomic E-state index is -0.868. The van der Waals surface area contributed by atoms with Crippen molar-refractivity contribution < 1.29 is 9.90 Å². The molecule has 2 saturated carbocycles. The van der Waals surface area contributed by atoms with Gasteiger partial charge in [-0.25, -0.2) is 4.98 Å². The van der Waals surface area contributed by atoms with Crippen LogP contribution in [0.2, 0.25) is 10.0 Å². The van der Waals surface area contributed by atoms with Gasteiger partial charge in [0.1, 0.15) is 12.4 Å². The Hall–Kier alpha value is -1.26. The number of rotatable bonds is 3. The molecule has 0 amide bonds. The predicted octanol–water partition coefficient (Wildman–Crippen LogP) is 3.94. The van der Waals surface area contributed by atoms with Crippen molar-refractivity contribution in [1.29, 1.82) is 0 Å².